The highest BCUT2D eigenvalue weighted by Crippen LogP contribution is 2.27. The van der Waals surface area contributed by atoms with Gasteiger partial charge in [-0.15, -0.1) is 0 Å². The molecule has 0 radical (unpaired) electrons. The van der Waals surface area contributed by atoms with E-state index in [1.807, 2.05) is 6.92 Å². The molecule has 2 N–H and O–H groups in total. The predicted octanol–water partition coefficient (Wildman–Crippen LogP) is 3.13. The van der Waals surface area contributed by atoms with Crippen LogP contribution in [0.25, 0.3) is 0 Å². The Balaban J connectivity index is 0. The quantitative estimate of drug-likeness (QED) is 0.809. The zero-order valence-electron chi connectivity index (χ0n) is 14.3. The number of rotatable bonds is 1. The predicted molar refractivity (Wildman–Crippen MR) is 88.4 cm³/mol. The van der Waals surface area contributed by atoms with Crippen molar-refractivity contribution >= 4 is 6.03 Å². The molecule has 1 saturated heterocycles. The number of morpholine rings is 1. The fourth-order valence-electron chi connectivity index (χ4n) is 2.21. The molecule has 1 heterocycles. The lowest BCUT2D eigenvalue weighted by molar-refractivity contribution is 0.0554. The number of primary amides is 1. The molecule has 2 amide bonds. The summed E-state index contributed by atoms with van der Waals surface area (Å²) in [6, 6.07) is -0.349. The van der Waals surface area contributed by atoms with Crippen LogP contribution in [0, 0.1) is 11.8 Å². The summed E-state index contributed by atoms with van der Waals surface area (Å²) in [5.41, 5.74) is 5.00. The van der Waals surface area contributed by atoms with E-state index in [1.54, 1.807) is 12.0 Å². The highest BCUT2D eigenvalue weighted by atomic mass is 16.5. The number of amides is 2. The molecule has 2 rings (SSSR count). The van der Waals surface area contributed by atoms with Gasteiger partial charge in [0.2, 0.25) is 0 Å². The zero-order valence-corrected chi connectivity index (χ0v) is 14.3. The van der Waals surface area contributed by atoms with Gasteiger partial charge in [-0.3, -0.25) is 0 Å². The van der Waals surface area contributed by atoms with Crippen molar-refractivity contribution in [2.75, 3.05) is 40.0 Å². The molecule has 0 atom stereocenters. The number of nitrogens with two attached hydrogens (primary N) is 1. The van der Waals surface area contributed by atoms with Crippen molar-refractivity contribution in [3.8, 4) is 0 Å². The van der Waals surface area contributed by atoms with Gasteiger partial charge in [0.05, 0.1) is 13.2 Å². The first-order chi connectivity index (χ1) is 10.0. The average molecular weight is 304 g/mol. The lowest BCUT2D eigenvalue weighted by Gasteiger charge is -2.24. The van der Waals surface area contributed by atoms with Gasteiger partial charge in [-0.1, -0.05) is 39.5 Å². The number of carbonyl (C=O) groups excluding carboxylic acids is 1. The summed E-state index contributed by atoms with van der Waals surface area (Å²) in [4.78, 5) is 12.0. The molecule has 0 unspecified atom stereocenters. The number of methoxy groups -OCH3 is 1. The molecule has 0 spiro atoms. The van der Waals surface area contributed by atoms with Crippen LogP contribution >= 0.6 is 0 Å². The largest absolute Gasteiger partial charge is 0.385 e. The van der Waals surface area contributed by atoms with Crippen molar-refractivity contribution in [1.29, 1.82) is 0 Å². The molecule has 1 saturated carbocycles. The van der Waals surface area contributed by atoms with E-state index in [2.05, 4.69) is 18.6 Å². The molecule has 0 bridgehead atoms. The molecule has 1 aliphatic carbocycles. The van der Waals surface area contributed by atoms with Gasteiger partial charge in [-0.2, -0.15) is 0 Å². The topological polar surface area (TPSA) is 64.8 Å². The average Bonchev–Trinajstić information content (AvgIpc) is 2.52. The number of ether oxygens (including phenoxy) is 2. The summed E-state index contributed by atoms with van der Waals surface area (Å²) in [5.74, 6) is 2.04. The van der Waals surface area contributed by atoms with E-state index in [0.29, 0.717) is 26.3 Å². The summed E-state index contributed by atoms with van der Waals surface area (Å²) in [5, 5.41) is 0. The Labute approximate surface area is 131 Å². The van der Waals surface area contributed by atoms with Gasteiger partial charge in [0, 0.05) is 28.2 Å². The Morgan fingerprint density at radius 2 is 1.57 bits per heavy atom. The summed E-state index contributed by atoms with van der Waals surface area (Å²) in [6.07, 6.45) is 5.89. The molecule has 5 heteroatoms. The van der Waals surface area contributed by atoms with Crippen molar-refractivity contribution in [1.82, 2.24) is 4.90 Å². The minimum atomic E-state index is -0.349. The van der Waals surface area contributed by atoms with Crippen LogP contribution in [0.3, 0.4) is 0 Å². The Morgan fingerprint density at radius 1 is 1.19 bits per heavy atom. The van der Waals surface area contributed by atoms with E-state index in [-0.39, 0.29) is 7.46 Å². The third kappa shape index (κ3) is 11.5. The molecule has 2 aliphatic rings. The van der Waals surface area contributed by atoms with Gasteiger partial charge in [-0.05, 0) is 18.8 Å². The molecular formula is C16H36N2O3. The molecule has 2 fully saturated rings. The standard InChI is InChI=1S/C8H16.C5H10N2O2.C3H8O.H2/c1-7-3-5-8(2)6-4-7;6-5(8)7-1-3-9-4-2-7;1-3-4-2;/h7-8H,3-6H2,1-2H3;1-4H2,(H2,6,8);3H2,1-2H3;1H. The first-order valence-electron chi connectivity index (χ1n) is 8.12. The maximum Gasteiger partial charge on any atom is 0.314 e. The van der Waals surface area contributed by atoms with E-state index < -0.39 is 0 Å². The van der Waals surface area contributed by atoms with Crippen LogP contribution in [-0.2, 0) is 9.47 Å². The number of carbonyl (C=O) groups is 1. The van der Waals surface area contributed by atoms with E-state index in [1.165, 1.54) is 25.7 Å². The zero-order chi connectivity index (χ0) is 16.1. The first-order valence-corrected chi connectivity index (χ1v) is 8.12. The van der Waals surface area contributed by atoms with E-state index in [0.717, 1.165) is 18.4 Å². The molecule has 0 aromatic heterocycles. The van der Waals surface area contributed by atoms with Crippen molar-refractivity contribution in [2.45, 2.75) is 46.5 Å². The second-order valence-corrected chi connectivity index (χ2v) is 5.88. The molecule has 0 aromatic carbocycles. The Bertz CT molecular complexity index is 242. The Hall–Kier alpha value is -0.810. The lowest BCUT2D eigenvalue weighted by Crippen LogP contribution is -2.43. The monoisotopic (exact) mass is 304 g/mol. The minimum absolute atomic E-state index is 0. The number of hydrogen-bond acceptors (Lipinski definition) is 3. The maximum absolute atomic E-state index is 10.4. The molecular weight excluding hydrogens is 268 g/mol. The van der Waals surface area contributed by atoms with Crippen molar-refractivity contribution < 1.29 is 15.7 Å². The maximum atomic E-state index is 10.4. The van der Waals surface area contributed by atoms with Gasteiger partial charge >= 0.3 is 6.03 Å². The summed E-state index contributed by atoms with van der Waals surface area (Å²) >= 11 is 0. The second-order valence-electron chi connectivity index (χ2n) is 5.88. The highest BCUT2D eigenvalue weighted by Gasteiger charge is 2.13. The van der Waals surface area contributed by atoms with Gasteiger partial charge < -0.3 is 20.1 Å². The van der Waals surface area contributed by atoms with Crippen LogP contribution in [-0.4, -0.2) is 51.0 Å². The van der Waals surface area contributed by atoms with Crippen LogP contribution in [0.1, 0.15) is 47.9 Å². The van der Waals surface area contributed by atoms with Gasteiger partial charge in [0.15, 0.2) is 0 Å². The van der Waals surface area contributed by atoms with Crippen molar-refractivity contribution in [2.24, 2.45) is 17.6 Å². The second kappa shape index (κ2) is 12.9. The van der Waals surface area contributed by atoms with Crippen molar-refractivity contribution in [3.05, 3.63) is 0 Å². The summed E-state index contributed by atoms with van der Waals surface area (Å²) in [7, 11) is 1.68. The molecule has 5 nitrogen and oxygen atoms in total. The lowest BCUT2D eigenvalue weighted by atomic mass is 9.84. The van der Waals surface area contributed by atoms with Gasteiger partial charge in [0.1, 0.15) is 0 Å². The first kappa shape index (κ1) is 20.2. The number of nitrogens with zero attached hydrogens (tertiary/aromatic N) is 1. The Morgan fingerprint density at radius 3 is 1.81 bits per heavy atom. The van der Waals surface area contributed by atoms with Crippen LogP contribution in [0.4, 0.5) is 4.79 Å². The summed E-state index contributed by atoms with van der Waals surface area (Å²) < 4.78 is 9.54. The van der Waals surface area contributed by atoms with Crippen LogP contribution in [0.5, 0.6) is 0 Å². The van der Waals surface area contributed by atoms with Gasteiger partial charge in [-0.25, -0.2) is 4.79 Å². The molecule has 128 valence electrons. The fraction of sp³-hybridized carbons (Fsp3) is 0.938. The smallest absolute Gasteiger partial charge is 0.314 e. The SMILES string of the molecule is CC1CCC(C)CC1.CCOC.NC(=O)N1CCOCC1.[HH]. The summed E-state index contributed by atoms with van der Waals surface area (Å²) in [6.45, 7) is 10.0. The van der Waals surface area contributed by atoms with Crippen LogP contribution in [0.15, 0.2) is 0 Å². The van der Waals surface area contributed by atoms with E-state index in [4.69, 9.17) is 10.5 Å². The third-order valence-corrected chi connectivity index (χ3v) is 3.92. The highest BCUT2D eigenvalue weighted by molar-refractivity contribution is 5.72. The normalized spacial score (nSPS) is 25.0. The van der Waals surface area contributed by atoms with Gasteiger partial charge in [0.25, 0.3) is 0 Å². The van der Waals surface area contributed by atoms with Crippen LogP contribution in [0.2, 0.25) is 0 Å². The Kier molecular flexibility index (Phi) is 12.4. The van der Waals surface area contributed by atoms with E-state index in [9.17, 15) is 4.79 Å². The van der Waals surface area contributed by atoms with Crippen LogP contribution < -0.4 is 5.73 Å². The number of hydrogen-bond donors (Lipinski definition) is 1. The minimum Gasteiger partial charge on any atom is -0.385 e. The molecule has 21 heavy (non-hydrogen) atoms. The van der Waals surface area contributed by atoms with E-state index >= 15 is 0 Å². The third-order valence-electron chi connectivity index (χ3n) is 3.92. The van der Waals surface area contributed by atoms with Crippen molar-refractivity contribution in [3.63, 3.8) is 0 Å². The number of urea groups is 1. The molecule has 0 aromatic rings. The molecule has 1 aliphatic heterocycles. The fourth-order valence-corrected chi connectivity index (χ4v) is 2.21.